The molecule has 1 aromatic heterocycles. The smallest absolute Gasteiger partial charge is 0.162 e. The summed E-state index contributed by atoms with van der Waals surface area (Å²) in [6.07, 6.45) is 7.74. The van der Waals surface area contributed by atoms with Crippen LogP contribution in [0.5, 0.6) is 0 Å². The van der Waals surface area contributed by atoms with Crippen molar-refractivity contribution in [3.8, 4) is 6.07 Å². The van der Waals surface area contributed by atoms with E-state index in [1.165, 1.54) is 19.3 Å². The fraction of sp³-hybridized carbons (Fsp3) is 0.571. The highest BCUT2D eigenvalue weighted by atomic mass is 79.9. The minimum atomic E-state index is -0.790. The van der Waals surface area contributed by atoms with Gasteiger partial charge < -0.3 is 4.98 Å². The first kappa shape index (κ1) is 16.5. The molecule has 4 bridgehead atoms. The van der Waals surface area contributed by atoms with E-state index in [9.17, 15) is 10.1 Å². The zero-order chi connectivity index (χ0) is 17.9. The molecule has 26 heavy (non-hydrogen) atoms. The van der Waals surface area contributed by atoms with Gasteiger partial charge in [-0.1, -0.05) is 28.1 Å². The Kier molecular flexibility index (Phi) is 3.59. The molecule has 4 nitrogen and oxygen atoms in total. The second-order valence-electron chi connectivity index (χ2n) is 8.96. The molecule has 0 unspecified atom stereocenters. The fourth-order valence-electron chi connectivity index (χ4n) is 6.41. The molecule has 4 fully saturated rings. The van der Waals surface area contributed by atoms with Gasteiger partial charge >= 0.3 is 0 Å². The molecular weight excluding hydrogens is 390 g/mol. The van der Waals surface area contributed by atoms with Crippen molar-refractivity contribution in [2.45, 2.75) is 55.2 Å². The Morgan fingerprint density at radius 3 is 2.69 bits per heavy atom. The lowest BCUT2D eigenvalue weighted by Gasteiger charge is -2.60. The number of nitrogens with zero attached hydrogens (tertiary/aromatic N) is 2. The maximum atomic E-state index is 13.1. The fourth-order valence-corrected chi connectivity index (χ4v) is 7.92. The first-order valence-corrected chi connectivity index (χ1v) is 10.3. The van der Waals surface area contributed by atoms with E-state index in [2.05, 4.69) is 32.0 Å². The van der Waals surface area contributed by atoms with Crippen LogP contribution in [0, 0.1) is 28.6 Å². The zero-order valence-corrected chi connectivity index (χ0v) is 16.3. The number of carbonyl (C=O) groups excluding carboxylic acids is 1. The van der Waals surface area contributed by atoms with Crippen LogP contribution < -0.4 is 0 Å². The number of benzene rings is 1. The van der Waals surface area contributed by atoms with Crippen LogP contribution in [0.15, 0.2) is 24.3 Å². The Hall–Kier alpha value is -1.67. The topological polar surface area (TPSA) is 69.5 Å². The van der Waals surface area contributed by atoms with Crippen molar-refractivity contribution in [2.75, 3.05) is 0 Å². The largest absolute Gasteiger partial charge is 0.340 e. The van der Waals surface area contributed by atoms with E-state index < -0.39 is 5.92 Å². The summed E-state index contributed by atoms with van der Waals surface area (Å²) in [7, 11) is 0. The van der Waals surface area contributed by atoms with E-state index in [1.54, 1.807) is 0 Å². The highest BCUT2D eigenvalue weighted by molar-refractivity contribution is 9.10. The van der Waals surface area contributed by atoms with Crippen molar-refractivity contribution in [1.82, 2.24) is 9.97 Å². The third-order valence-corrected chi connectivity index (χ3v) is 7.72. The summed E-state index contributed by atoms with van der Waals surface area (Å²) in [4.78, 5) is 20.8. The Labute approximate surface area is 161 Å². The number of carbonyl (C=O) groups is 1. The maximum absolute atomic E-state index is 13.1. The van der Waals surface area contributed by atoms with Gasteiger partial charge in [0.1, 0.15) is 5.82 Å². The number of hydrogen-bond donors (Lipinski definition) is 1. The summed E-state index contributed by atoms with van der Waals surface area (Å²) in [5.74, 6) is 1.23. The minimum absolute atomic E-state index is 0.0320. The predicted octanol–water partition coefficient (Wildman–Crippen LogP) is 4.86. The molecule has 1 N–H and O–H groups in total. The van der Waals surface area contributed by atoms with Crippen molar-refractivity contribution in [3.63, 3.8) is 0 Å². The highest BCUT2D eigenvalue weighted by Gasteiger charge is 2.57. The first-order chi connectivity index (χ1) is 12.5. The van der Waals surface area contributed by atoms with Crippen LogP contribution in [0.4, 0.5) is 0 Å². The summed E-state index contributed by atoms with van der Waals surface area (Å²) in [6.45, 7) is 0. The SMILES string of the molecule is N#C[C@@H](C(=O)CC12C[C@H]3C[C@@H](CC(Br)(C3)C1)C2)c1nc2ccccc2[nH]1. The van der Waals surface area contributed by atoms with Gasteiger partial charge in [0, 0.05) is 10.7 Å². The van der Waals surface area contributed by atoms with Gasteiger partial charge in [0.2, 0.25) is 0 Å². The summed E-state index contributed by atoms with van der Waals surface area (Å²) in [5, 5.41) is 9.70. The molecule has 0 aliphatic heterocycles. The molecule has 134 valence electrons. The predicted molar refractivity (Wildman–Crippen MR) is 103 cm³/mol. The van der Waals surface area contributed by atoms with Crippen molar-refractivity contribution < 1.29 is 4.79 Å². The molecule has 2 aromatic rings. The number of ketones is 1. The monoisotopic (exact) mass is 411 g/mol. The van der Waals surface area contributed by atoms with E-state index in [0.717, 1.165) is 42.1 Å². The van der Waals surface area contributed by atoms with Crippen molar-refractivity contribution >= 4 is 32.7 Å². The lowest BCUT2D eigenvalue weighted by Crippen LogP contribution is -2.53. The molecule has 0 amide bonds. The number of nitrogens with one attached hydrogen (secondary N) is 1. The van der Waals surface area contributed by atoms with Gasteiger partial charge in [0.15, 0.2) is 11.7 Å². The van der Waals surface area contributed by atoms with Crippen molar-refractivity contribution in [1.29, 1.82) is 5.26 Å². The first-order valence-electron chi connectivity index (χ1n) is 9.54. The van der Waals surface area contributed by atoms with Crippen LogP contribution in [0.2, 0.25) is 0 Å². The normalized spacial score (nSPS) is 36.2. The summed E-state index contributed by atoms with van der Waals surface area (Å²) in [5.41, 5.74) is 1.78. The van der Waals surface area contributed by atoms with Crippen LogP contribution in [0.25, 0.3) is 11.0 Å². The number of rotatable bonds is 4. The molecule has 1 heterocycles. The molecule has 4 saturated carbocycles. The van der Waals surface area contributed by atoms with Crippen LogP contribution in [0.1, 0.15) is 56.7 Å². The van der Waals surface area contributed by atoms with Gasteiger partial charge in [-0.2, -0.15) is 5.26 Å². The van der Waals surface area contributed by atoms with E-state index in [1.807, 2.05) is 24.3 Å². The van der Waals surface area contributed by atoms with Crippen molar-refractivity contribution in [2.24, 2.45) is 17.3 Å². The van der Waals surface area contributed by atoms with Gasteiger partial charge in [-0.25, -0.2) is 4.98 Å². The summed E-state index contributed by atoms with van der Waals surface area (Å²) < 4.78 is 0.235. The Morgan fingerprint density at radius 1 is 1.31 bits per heavy atom. The van der Waals surface area contributed by atoms with E-state index in [0.29, 0.717) is 12.2 Å². The number of hydrogen-bond acceptors (Lipinski definition) is 3. The molecule has 4 aliphatic rings. The Balaban J connectivity index is 1.41. The highest BCUT2D eigenvalue weighted by Crippen LogP contribution is 2.65. The lowest BCUT2D eigenvalue weighted by molar-refractivity contribution is -0.126. The second kappa shape index (κ2) is 5.66. The number of halogens is 1. The number of imidazole rings is 1. The maximum Gasteiger partial charge on any atom is 0.162 e. The zero-order valence-electron chi connectivity index (χ0n) is 14.7. The third kappa shape index (κ3) is 2.62. The molecule has 4 aliphatic carbocycles. The number of aromatic nitrogens is 2. The Morgan fingerprint density at radius 2 is 2.04 bits per heavy atom. The average Bonchev–Trinajstić information content (AvgIpc) is 2.96. The molecule has 5 heteroatoms. The molecule has 3 atom stereocenters. The molecular formula is C21H22BrN3O. The van der Waals surface area contributed by atoms with E-state index in [4.69, 9.17) is 0 Å². The molecule has 0 saturated heterocycles. The number of Topliss-reactive ketones (excluding diaryl/α,β-unsaturated/α-hetero) is 1. The number of aromatic amines is 1. The van der Waals surface area contributed by atoms with Gasteiger partial charge in [-0.15, -0.1) is 0 Å². The lowest BCUT2D eigenvalue weighted by atomic mass is 9.48. The van der Waals surface area contributed by atoms with E-state index in [-0.39, 0.29) is 15.5 Å². The number of H-pyrrole nitrogens is 1. The molecule has 6 rings (SSSR count). The summed E-state index contributed by atoms with van der Waals surface area (Å²) >= 11 is 4.01. The number of para-hydroxylation sites is 2. The number of nitriles is 1. The average molecular weight is 412 g/mol. The van der Waals surface area contributed by atoms with Crippen LogP contribution in [-0.2, 0) is 4.79 Å². The quantitative estimate of drug-likeness (QED) is 0.729. The number of alkyl halides is 1. The van der Waals surface area contributed by atoms with Crippen LogP contribution in [0.3, 0.4) is 0 Å². The number of fused-ring (bicyclic) bond motifs is 1. The third-order valence-electron chi connectivity index (χ3n) is 6.79. The van der Waals surface area contributed by atoms with Gasteiger partial charge in [-0.3, -0.25) is 4.79 Å². The summed E-state index contributed by atoms with van der Waals surface area (Å²) in [6, 6.07) is 9.90. The minimum Gasteiger partial charge on any atom is -0.340 e. The van der Waals surface area contributed by atoms with Crippen LogP contribution >= 0.6 is 15.9 Å². The molecule has 0 spiro atoms. The standard InChI is InChI=1S/C21H22BrN3O/c22-21-8-13-5-14(9-21)7-20(6-13,12-21)10-18(26)15(11-23)19-24-16-3-1-2-4-17(16)25-19/h1-4,13-15H,5-10,12H2,(H,24,25)/t13-,14-,15+,20?,21?/m1/s1. The van der Waals surface area contributed by atoms with Crippen LogP contribution in [-0.4, -0.2) is 20.1 Å². The Bertz CT molecular complexity index is 880. The van der Waals surface area contributed by atoms with Gasteiger partial charge in [0.05, 0.1) is 17.1 Å². The van der Waals surface area contributed by atoms with Gasteiger partial charge in [0.25, 0.3) is 0 Å². The van der Waals surface area contributed by atoms with Crippen molar-refractivity contribution in [3.05, 3.63) is 30.1 Å². The molecule has 0 radical (unpaired) electrons. The molecule has 1 aromatic carbocycles. The van der Waals surface area contributed by atoms with E-state index >= 15 is 0 Å². The second-order valence-corrected chi connectivity index (χ2v) is 10.6. The van der Waals surface area contributed by atoms with Gasteiger partial charge in [-0.05, 0) is 67.9 Å².